The first-order valence-electron chi connectivity index (χ1n) is 5.77. The first-order valence-corrected chi connectivity index (χ1v) is 5.77. The van der Waals surface area contributed by atoms with Gasteiger partial charge in [0.05, 0.1) is 24.0 Å². The molecule has 2 aromatic rings. The zero-order valence-corrected chi connectivity index (χ0v) is 10.3. The van der Waals surface area contributed by atoms with Crippen molar-refractivity contribution in [2.24, 2.45) is 0 Å². The van der Waals surface area contributed by atoms with E-state index in [9.17, 15) is 13.2 Å². The van der Waals surface area contributed by atoms with E-state index in [0.717, 1.165) is 24.6 Å². The van der Waals surface area contributed by atoms with Crippen LogP contribution in [-0.4, -0.2) is 21.3 Å². The molecule has 2 aromatic heterocycles. The van der Waals surface area contributed by atoms with Gasteiger partial charge in [0, 0.05) is 24.6 Å². The van der Waals surface area contributed by atoms with Gasteiger partial charge >= 0.3 is 6.18 Å². The maximum atomic E-state index is 12.4. The third kappa shape index (κ3) is 3.46. The van der Waals surface area contributed by atoms with E-state index in [0.29, 0.717) is 5.69 Å². The number of nitrogens with one attached hydrogen (secondary N) is 1. The van der Waals surface area contributed by atoms with Gasteiger partial charge in [-0.25, -0.2) is 0 Å². The van der Waals surface area contributed by atoms with Crippen molar-refractivity contribution in [3.63, 3.8) is 0 Å². The summed E-state index contributed by atoms with van der Waals surface area (Å²) in [5.74, 6) is 0. The molecule has 0 saturated heterocycles. The highest BCUT2D eigenvalue weighted by atomic mass is 19.4. The summed E-state index contributed by atoms with van der Waals surface area (Å²) < 4.78 is 38.5. The van der Waals surface area contributed by atoms with Crippen LogP contribution in [0, 0.1) is 0 Å². The molecule has 4 nitrogen and oxygen atoms in total. The molecule has 0 atom stereocenters. The third-order valence-corrected chi connectivity index (χ3v) is 2.48. The minimum absolute atomic E-state index is 0.204. The molecule has 2 heterocycles. The SMILES string of the molecule is CCNc1ccnc(Cn2cc(C(F)(F)F)cn2)c1. The standard InChI is InChI=1S/C12H13F3N4/c1-2-16-10-3-4-17-11(5-10)8-19-7-9(6-18-19)12(13,14)15/h3-7H,2,8H2,1H3,(H,16,17). The fourth-order valence-corrected chi connectivity index (χ4v) is 1.64. The largest absolute Gasteiger partial charge is 0.419 e. The average Bonchev–Trinajstić information content (AvgIpc) is 2.78. The van der Waals surface area contributed by atoms with Gasteiger partial charge < -0.3 is 5.32 Å². The summed E-state index contributed by atoms with van der Waals surface area (Å²) in [5, 5.41) is 6.80. The van der Waals surface area contributed by atoms with Crippen LogP contribution in [-0.2, 0) is 12.7 Å². The molecule has 0 aliphatic rings. The van der Waals surface area contributed by atoms with Crippen molar-refractivity contribution in [3.8, 4) is 0 Å². The highest BCUT2D eigenvalue weighted by Gasteiger charge is 2.32. The van der Waals surface area contributed by atoms with Gasteiger partial charge in [0.2, 0.25) is 0 Å². The molecule has 2 rings (SSSR count). The Morgan fingerprint density at radius 3 is 2.79 bits per heavy atom. The van der Waals surface area contributed by atoms with Crippen LogP contribution < -0.4 is 5.32 Å². The molecule has 0 aliphatic carbocycles. The van der Waals surface area contributed by atoms with Gasteiger partial charge in [-0.3, -0.25) is 9.67 Å². The molecule has 0 aromatic carbocycles. The van der Waals surface area contributed by atoms with Crippen LogP contribution in [0.2, 0.25) is 0 Å². The summed E-state index contributed by atoms with van der Waals surface area (Å²) in [6.07, 6.45) is -0.964. The second-order valence-electron chi connectivity index (χ2n) is 3.99. The molecule has 1 N–H and O–H groups in total. The number of nitrogens with zero attached hydrogens (tertiary/aromatic N) is 3. The van der Waals surface area contributed by atoms with Gasteiger partial charge in [-0.05, 0) is 19.1 Å². The third-order valence-electron chi connectivity index (χ3n) is 2.48. The van der Waals surface area contributed by atoms with Crippen molar-refractivity contribution in [2.75, 3.05) is 11.9 Å². The number of rotatable bonds is 4. The molecule has 0 bridgehead atoms. The fraction of sp³-hybridized carbons (Fsp3) is 0.333. The number of alkyl halides is 3. The quantitative estimate of drug-likeness (QED) is 0.929. The van der Waals surface area contributed by atoms with Gasteiger partial charge in [0.1, 0.15) is 0 Å². The van der Waals surface area contributed by atoms with Gasteiger partial charge in [-0.15, -0.1) is 0 Å². The van der Waals surface area contributed by atoms with Crippen LogP contribution in [0.5, 0.6) is 0 Å². The fourth-order valence-electron chi connectivity index (χ4n) is 1.64. The molecule has 0 saturated carbocycles. The van der Waals surface area contributed by atoms with Crippen LogP contribution in [0.3, 0.4) is 0 Å². The predicted molar refractivity (Wildman–Crippen MR) is 64.7 cm³/mol. The molecule has 0 amide bonds. The number of anilines is 1. The number of halogens is 3. The lowest BCUT2D eigenvalue weighted by molar-refractivity contribution is -0.137. The van der Waals surface area contributed by atoms with E-state index in [1.54, 1.807) is 18.3 Å². The summed E-state index contributed by atoms with van der Waals surface area (Å²) in [6, 6.07) is 3.59. The van der Waals surface area contributed by atoms with Crippen molar-refractivity contribution < 1.29 is 13.2 Å². The summed E-state index contributed by atoms with van der Waals surface area (Å²) in [6.45, 7) is 2.93. The van der Waals surface area contributed by atoms with Crippen molar-refractivity contribution in [1.29, 1.82) is 0 Å². The van der Waals surface area contributed by atoms with Crippen LogP contribution in [0.25, 0.3) is 0 Å². The molecule has 0 unspecified atom stereocenters. The van der Waals surface area contributed by atoms with E-state index in [-0.39, 0.29) is 6.54 Å². The van der Waals surface area contributed by atoms with Crippen LogP contribution in [0.1, 0.15) is 18.2 Å². The number of hydrogen-bond acceptors (Lipinski definition) is 3. The normalized spacial score (nSPS) is 11.6. The molecule has 0 radical (unpaired) electrons. The molecule has 102 valence electrons. The first-order chi connectivity index (χ1) is 8.99. The van der Waals surface area contributed by atoms with E-state index in [1.807, 2.05) is 6.92 Å². The van der Waals surface area contributed by atoms with Crippen LogP contribution >= 0.6 is 0 Å². The second kappa shape index (κ2) is 5.29. The smallest absolute Gasteiger partial charge is 0.385 e. The van der Waals surface area contributed by atoms with Crippen molar-refractivity contribution in [1.82, 2.24) is 14.8 Å². The lowest BCUT2D eigenvalue weighted by Crippen LogP contribution is -2.05. The van der Waals surface area contributed by atoms with Gasteiger partial charge in [-0.2, -0.15) is 18.3 Å². The lowest BCUT2D eigenvalue weighted by Gasteiger charge is -2.06. The molecule has 0 spiro atoms. The number of aromatic nitrogens is 3. The Balaban J connectivity index is 2.12. The Labute approximate surface area is 108 Å². The Morgan fingerprint density at radius 2 is 2.16 bits per heavy atom. The van der Waals surface area contributed by atoms with Crippen LogP contribution in [0.4, 0.5) is 18.9 Å². The van der Waals surface area contributed by atoms with E-state index < -0.39 is 11.7 Å². The zero-order valence-electron chi connectivity index (χ0n) is 10.3. The molecule has 0 aliphatic heterocycles. The zero-order chi connectivity index (χ0) is 13.9. The molecule has 7 heteroatoms. The second-order valence-corrected chi connectivity index (χ2v) is 3.99. The van der Waals surface area contributed by atoms with Crippen LogP contribution in [0.15, 0.2) is 30.7 Å². The molecule has 19 heavy (non-hydrogen) atoms. The highest BCUT2D eigenvalue weighted by molar-refractivity contribution is 5.42. The Hall–Kier alpha value is -2.05. The van der Waals surface area contributed by atoms with E-state index in [1.165, 1.54) is 4.68 Å². The first kappa shape index (κ1) is 13.4. The minimum atomic E-state index is -4.36. The summed E-state index contributed by atoms with van der Waals surface area (Å²) in [4.78, 5) is 4.11. The van der Waals surface area contributed by atoms with Crippen molar-refractivity contribution >= 4 is 5.69 Å². The number of pyridine rings is 1. The summed E-state index contributed by atoms with van der Waals surface area (Å²) >= 11 is 0. The van der Waals surface area contributed by atoms with Gasteiger partial charge in [0.25, 0.3) is 0 Å². The van der Waals surface area contributed by atoms with Crippen molar-refractivity contribution in [3.05, 3.63) is 42.0 Å². The van der Waals surface area contributed by atoms with E-state index in [4.69, 9.17) is 0 Å². The number of hydrogen-bond donors (Lipinski definition) is 1. The average molecular weight is 270 g/mol. The lowest BCUT2D eigenvalue weighted by atomic mass is 10.3. The van der Waals surface area contributed by atoms with Gasteiger partial charge in [-0.1, -0.05) is 0 Å². The maximum absolute atomic E-state index is 12.4. The highest BCUT2D eigenvalue weighted by Crippen LogP contribution is 2.28. The molecular formula is C12H13F3N4. The Kier molecular flexibility index (Phi) is 3.73. The molecular weight excluding hydrogens is 257 g/mol. The Bertz CT molecular complexity index is 548. The topological polar surface area (TPSA) is 42.7 Å². The maximum Gasteiger partial charge on any atom is 0.419 e. The predicted octanol–water partition coefficient (Wildman–Crippen LogP) is 2.78. The Morgan fingerprint density at radius 1 is 1.37 bits per heavy atom. The minimum Gasteiger partial charge on any atom is -0.385 e. The van der Waals surface area contributed by atoms with Crippen molar-refractivity contribution in [2.45, 2.75) is 19.6 Å². The molecule has 0 fully saturated rings. The monoisotopic (exact) mass is 270 g/mol. The van der Waals surface area contributed by atoms with Gasteiger partial charge in [0.15, 0.2) is 0 Å². The summed E-state index contributed by atoms with van der Waals surface area (Å²) in [7, 11) is 0. The van der Waals surface area contributed by atoms with E-state index >= 15 is 0 Å². The summed E-state index contributed by atoms with van der Waals surface area (Å²) in [5.41, 5.74) is 0.779. The van der Waals surface area contributed by atoms with E-state index in [2.05, 4.69) is 15.4 Å².